The van der Waals surface area contributed by atoms with Gasteiger partial charge < -0.3 is 9.88 Å². The molecule has 1 amide bonds. The highest BCUT2D eigenvalue weighted by atomic mass is 35.5. The number of aromatic nitrogens is 1. The van der Waals surface area contributed by atoms with Crippen molar-refractivity contribution in [1.82, 2.24) is 9.88 Å². The summed E-state index contributed by atoms with van der Waals surface area (Å²) in [5.74, 6) is 5.70. The number of rotatable bonds is 3. The highest BCUT2D eigenvalue weighted by molar-refractivity contribution is 6.31. The first-order valence-corrected chi connectivity index (χ1v) is 7.87. The van der Waals surface area contributed by atoms with E-state index in [9.17, 15) is 4.79 Å². The standard InChI is InChI=1S/C20H15ClN2O/c21-19-8-2-1-6-16(19)7-5-13-22-20(24)17-9-11-18(12-10-17)23-14-3-4-15-23/h1-4,6,8-12,14-15H,13H2,(H,22,24). The molecule has 0 aliphatic heterocycles. The van der Waals surface area contributed by atoms with E-state index in [-0.39, 0.29) is 12.5 Å². The molecule has 0 aliphatic carbocycles. The summed E-state index contributed by atoms with van der Waals surface area (Å²) in [6, 6.07) is 18.7. The summed E-state index contributed by atoms with van der Waals surface area (Å²) in [7, 11) is 0. The highest BCUT2D eigenvalue weighted by Gasteiger charge is 2.04. The molecule has 4 heteroatoms. The summed E-state index contributed by atoms with van der Waals surface area (Å²) in [5, 5.41) is 3.39. The van der Waals surface area contributed by atoms with Crippen LogP contribution in [0.5, 0.6) is 0 Å². The van der Waals surface area contributed by atoms with Crippen molar-refractivity contribution in [2.24, 2.45) is 0 Å². The van der Waals surface area contributed by atoms with Crippen molar-refractivity contribution in [2.75, 3.05) is 6.54 Å². The van der Waals surface area contributed by atoms with Crippen LogP contribution < -0.4 is 5.32 Å². The van der Waals surface area contributed by atoms with E-state index in [0.29, 0.717) is 10.6 Å². The van der Waals surface area contributed by atoms with Crippen molar-refractivity contribution in [1.29, 1.82) is 0 Å². The van der Waals surface area contributed by atoms with Crippen LogP contribution in [0.1, 0.15) is 15.9 Å². The summed E-state index contributed by atoms with van der Waals surface area (Å²) >= 11 is 6.03. The number of carbonyl (C=O) groups excluding carboxylic acids is 1. The average molecular weight is 335 g/mol. The van der Waals surface area contributed by atoms with E-state index in [1.54, 1.807) is 18.2 Å². The highest BCUT2D eigenvalue weighted by Crippen LogP contribution is 2.13. The van der Waals surface area contributed by atoms with Gasteiger partial charge in [0, 0.05) is 29.2 Å². The van der Waals surface area contributed by atoms with Gasteiger partial charge in [0.05, 0.1) is 11.6 Å². The second kappa shape index (κ2) is 7.54. The first kappa shape index (κ1) is 15.9. The molecule has 0 saturated heterocycles. The number of halogens is 1. The molecule has 0 fully saturated rings. The molecule has 3 aromatic rings. The Kier molecular flexibility index (Phi) is 5.00. The number of nitrogens with zero attached hydrogens (tertiary/aromatic N) is 1. The summed E-state index contributed by atoms with van der Waals surface area (Å²) in [6.07, 6.45) is 3.92. The van der Waals surface area contributed by atoms with Gasteiger partial charge in [-0.2, -0.15) is 0 Å². The van der Waals surface area contributed by atoms with Gasteiger partial charge in [0.2, 0.25) is 0 Å². The number of nitrogens with one attached hydrogen (secondary N) is 1. The monoisotopic (exact) mass is 334 g/mol. The molecule has 0 radical (unpaired) electrons. The van der Waals surface area contributed by atoms with Gasteiger partial charge >= 0.3 is 0 Å². The summed E-state index contributed by atoms with van der Waals surface area (Å²) in [5.41, 5.74) is 2.37. The normalized spacial score (nSPS) is 9.88. The molecule has 1 aromatic heterocycles. The summed E-state index contributed by atoms with van der Waals surface area (Å²) < 4.78 is 1.98. The Balaban J connectivity index is 1.59. The molecule has 3 rings (SSSR count). The molecular formula is C20H15ClN2O. The van der Waals surface area contributed by atoms with Crippen molar-refractivity contribution < 1.29 is 4.79 Å². The maximum Gasteiger partial charge on any atom is 0.252 e. The van der Waals surface area contributed by atoms with E-state index in [4.69, 9.17) is 11.6 Å². The maximum absolute atomic E-state index is 12.1. The van der Waals surface area contributed by atoms with Gasteiger partial charge in [-0.3, -0.25) is 4.79 Å². The minimum atomic E-state index is -0.150. The SMILES string of the molecule is O=C(NCC#Cc1ccccc1Cl)c1ccc(-n2cccc2)cc1. The largest absolute Gasteiger partial charge is 0.341 e. The van der Waals surface area contributed by atoms with E-state index in [0.717, 1.165) is 11.3 Å². The van der Waals surface area contributed by atoms with Crippen LogP contribution in [0, 0.1) is 11.8 Å². The van der Waals surface area contributed by atoms with Crippen LogP contribution in [0.4, 0.5) is 0 Å². The lowest BCUT2D eigenvalue weighted by molar-refractivity contribution is 0.0958. The molecule has 0 atom stereocenters. The maximum atomic E-state index is 12.1. The van der Waals surface area contributed by atoms with Crippen LogP contribution >= 0.6 is 11.6 Å². The molecule has 118 valence electrons. The van der Waals surface area contributed by atoms with Crippen molar-refractivity contribution >= 4 is 17.5 Å². The predicted molar refractivity (Wildman–Crippen MR) is 96.4 cm³/mol. The molecule has 0 unspecified atom stereocenters. The van der Waals surface area contributed by atoms with Gasteiger partial charge in [0.25, 0.3) is 5.91 Å². The quantitative estimate of drug-likeness (QED) is 0.724. The van der Waals surface area contributed by atoms with Crippen molar-refractivity contribution in [3.05, 3.63) is 89.2 Å². The van der Waals surface area contributed by atoms with E-state index >= 15 is 0 Å². The van der Waals surface area contributed by atoms with Crippen LogP contribution in [0.3, 0.4) is 0 Å². The lowest BCUT2D eigenvalue weighted by Crippen LogP contribution is -2.23. The Bertz CT molecular complexity index is 887. The van der Waals surface area contributed by atoms with Gasteiger partial charge in [-0.15, -0.1) is 0 Å². The Morgan fingerprint density at radius 1 is 1.00 bits per heavy atom. The van der Waals surface area contributed by atoms with Gasteiger partial charge in [0.1, 0.15) is 0 Å². The van der Waals surface area contributed by atoms with Gasteiger partial charge in [-0.1, -0.05) is 35.6 Å². The fourth-order valence-electron chi connectivity index (χ4n) is 2.22. The smallest absolute Gasteiger partial charge is 0.252 e. The van der Waals surface area contributed by atoms with Gasteiger partial charge in [0.15, 0.2) is 0 Å². The Morgan fingerprint density at radius 3 is 2.42 bits per heavy atom. The lowest BCUT2D eigenvalue weighted by atomic mass is 10.2. The topological polar surface area (TPSA) is 34.0 Å². The van der Waals surface area contributed by atoms with Gasteiger partial charge in [-0.05, 0) is 48.5 Å². The molecule has 0 bridgehead atoms. The van der Waals surface area contributed by atoms with Crippen LogP contribution in [0.15, 0.2) is 73.1 Å². The molecule has 3 nitrogen and oxygen atoms in total. The fraction of sp³-hybridized carbons (Fsp3) is 0.0500. The number of amides is 1. The van der Waals surface area contributed by atoms with E-state index < -0.39 is 0 Å². The van der Waals surface area contributed by atoms with Crippen molar-refractivity contribution in [2.45, 2.75) is 0 Å². The minimum absolute atomic E-state index is 0.150. The fourth-order valence-corrected chi connectivity index (χ4v) is 2.40. The number of hydrogen-bond acceptors (Lipinski definition) is 1. The third-order valence-corrected chi connectivity index (χ3v) is 3.80. The third-order valence-electron chi connectivity index (χ3n) is 3.47. The molecule has 24 heavy (non-hydrogen) atoms. The second-order valence-electron chi connectivity index (χ2n) is 5.10. The second-order valence-corrected chi connectivity index (χ2v) is 5.51. The Labute approximate surface area is 145 Å². The minimum Gasteiger partial charge on any atom is -0.341 e. The van der Waals surface area contributed by atoms with E-state index in [1.807, 2.05) is 59.4 Å². The van der Waals surface area contributed by atoms with E-state index in [1.165, 1.54) is 0 Å². The molecule has 0 spiro atoms. The molecule has 0 saturated carbocycles. The van der Waals surface area contributed by atoms with Crippen LogP contribution in [0.25, 0.3) is 5.69 Å². The zero-order valence-corrected chi connectivity index (χ0v) is 13.6. The average Bonchev–Trinajstić information content (AvgIpc) is 3.15. The first-order chi connectivity index (χ1) is 11.7. The Hall–Kier alpha value is -2.96. The lowest BCUT2D eigenvalue weighted by Gasteiger charge is -2.05. The van der Waals surface area contributed by atoms with Crippen molar-refractivity contribution in [3.63, 3.8) is 0 Å². The molecule has 2 aromatic carbocycles. The summed E-state index contributed by atoms with van der Waals surface area (Å²) in [4.78, 5) is 12.1. The third kappa shape index (κ3) is 3.87. The number of benzene rings is 2. The van der Waals surface area contributed by atoms with Crippen LogP contribution in [-0.2, 0) is 0 Å². The zero-order chi connectivity index (χ0) is 16.8. The molecule has 1 N–H and O–H groups in total. The van der Waals surface area contributed by atoms with Crippen molar-refractivity contribution in [3.8, 4) is 17.5 Å². The molecular weight excluding hydrogens is 320 g/mol. The first-order valence-electron chi connectivity index (χ1n) is 7.49. The number of hydrogen-bond donors (Lipinski definition) is 1. The van der Waals surface area contributed by atoms with Gasteiger partial charge in [-0.25, -0.2) is 0 Å². The van der Waals surface area contributed by atoms with Crippen LogP contribution in [0.2, 0.25) is 5.02 Å². The number of carbonyl (C=O) groups is 1. The van der Waals surface area contributed by atoms with E-state index in [2.05, 4.69) is 17.2 Å². The molecule has 0 aliphatic rings. The molecule has 1 heterocycles. The Morgan fingerprint density at radius 2 is 1.71 bits per heavy atom. The predicted octanol–water partition coefficient (Wildman–Crippen LogP) is 3.91. The zero-order valence-electron chi connectivity index (χ0n) is 12.9. The van der Waals surface area contributed by atoms with Crippen LogP contribution in [-0.4, -0.2) is 17.0 Å². The summed E-state index contributed by atoms with van der Waals surface area (Å²) in [6.45, 7) is 0.267.